The molecule has 0 unspecified atom stereocenters. The van der Waals surface area contributed by atoms with Crippen LogP contribution in [-0.4, -0.2) is 38.4 Å². The predicted octanol–water partition coefficient (Wildman–Crippen LogP) is 1.28. The van der Waals surface area contributed by atoms with Crippen molar-refractivity contribution in [1.29, 1.82) is 0 Å². The van der Waals surface area contributed by atoms with Gasteiger partial charge in [-0.15, -0.1) is 10.2 Å². The van der Waals surface area contributed by atoms with Crippen LogP contribution in [0.2, 0.25) is 0 Å². The zero-order valence-electron chi connectivity index (χ0n) is 14.0. The standard InChI is InChI=1S/C17H21N5O2S/c1-11(23)14(9-12-5-3-2-4-6-12)19-15(24)10-25-17-21-20-16(22(17)18)13-7-8-13/h2-6,13-14H,7-10,18H2,1H3,(H,19,24)/t14-/m1/s1. The fourth-order valence-electron chi connectivity index (χ4n) is 2.52. The SMILES string of the molecule is CC(=O)[C@@H](Cc1ccccc1)NC(=O)CSc1nnc(C2CC2)n1N. The van der Waals surface area contributed by atoms with E-state index in [1.165, 1.54) is 23.4 Å². The Balaban J connectivity index is 1.54. The Kier molecular flexibility index (Phi) is 5.37. The molecule has 7 nitrogen and oxygen atoms in total. The number of nitrogens with zero attached hydrogens (tertiary/aromatic N) is 3. The molecule has 3 N–H and O–H groups in total. The molecule has 0 bridgehead atoms. The first-order valence-electron chi connectivity index (χ1n) is 8.21. The number of nitrogens with one attached hydrogen (secondary N) is 1. The fourth-order valence-corrected chi connectivity index (χ4v) is 3.19. The molecular formula is C17H21N5O2S. The third-order valence-electron chi connectivity index (χ3n) is 4.07. The Labute approximate surface area is 150 Å². The fraction of sp³-hybridized carbons (Fsp3) is 0.412. The second-order valence-electron chi connectivity index (χ2n) is 6.19. The zero-order chi connectivity index (χ0) is 17.8. The van der Waals surface area contributed by atoms with E-state index in [1.54, 1.807) is 0 Å². The lowest BCUT2D eigenvalue weighted by atomic mass is 10.0. The van der Waals surface area contributed by atoms with Gasteiger partial charge < -0.3 is 11.2 Å². The number of ketones is 1. The highest BCUT2D eigenvalue weighted by Gasteiger charge is 2.30. The molecule has 1 heterocycles. The number of benzene rings is 1. The molecule has 1 aliphatic carbocycles. The van der Waals surface area contributed by atoms with Gasteiger partial charge in [0.15, 0.2) is 11.6 Å². The molecule has 8 heteroatoms. The molecule has 3 rings (SSSR count). The summed E-state index contributed by atoms with van der Waals surface area (Å²) < 4.78 is 1.46. The number of hydrogen-bond donors (Lipinski definition) is 2. The van der Waals surface area contributed by atoms with Gasteiger partial charge in [-0.1, -0.05) is 42.1 Å². The maximum atomic E-state index is 12.2. The topological polar surface area (TPSA) is 103 Å². The lowest BCUT2D eigenvalue weighted by molar-refractivity contribution is -0.125. The van der Waals surface area contributed by atoms with Crippen LogP contribution in [0.25, 0.3) is 0 Å². The highest BCUT2D eigenvalue weighted by molar-refractivity contribution is 7.99. The molecular weight excluding hydrogens is 338 g/mol. The molecule has 1 atom stereocenters. The third kappa shape index (κ3) is 4.60. The van der Waals surface area contributed by atoms with Crippen LogP contribution in [0.1, 0.15) is 37.1 Å². The normalized spacial score (nSPS) is 14.9. The molecule has 1 aromatic carbocycles. The van der Waals surface area contributed by atoms with Crippen LogP contribution in [0.15, 0.2) is 35.5 Å². The van der Waals surface area contributed by atoms with Gasteiger partial charge in [-0.25, -0.2) is 4.68 Å². The molecule has 1 aliphatic rings. The van der Waals surface area contributed by atoms with E-state index in [4.69, 9.17) is 5.84 Å². The monoisotopic (exact) mass is 359 g/mol. The number of amides is 1. The van der Waals surface area contributed by atoms with Crippen molar-refractivity contribution in [2.75, 3.05) is 11.6 Å². The maximum absolute atomic E-state index is 12.2. The number of carbonyl (C=O) groups is 2. The lowest BCUT2D eigenvalue weighted by Gasteiger charge is -2.16. The minimum absolute atomic E-state index is 0.0692. The van der Waals surface area contributed by atoms with Gasteiger partial charge in [0, 0.05) is 5.92 Å². The van der Waals surface area contributed by atoms with Crippen molar-refractivity contribution < 1.29 is 9.59 Å². The van der Waals surface area contributed by atoms with Gasteiger partial charge in [0.2, 0.25) is 11.1 Å². The first-order valence-corrected chi connectivity index (χ1v) is 9.20. The smallest absolute Gasteiger partial charge is 0.231 e. The van der Waals surface area contributed by atoms with E-state index < -0.39 is 6.04 Å². The van der Waals surface area contributed by atoms with E-state index in [0.717, 1.165) is 24.2 Å². The summed E-state index contributed by atoms with van der Waals surface area (Å²) >= 11 is 1.22. The van der Waals surface area contributed by atoms with Gasteiger partial charge in [0.25, 0.3) is 0 Å². The number of hydrogen-bond acceptors (Lipinski definition) is 6. The summed E-state index contributed by atoms with van der Waals surface area (Å²) in [7, 11) is 0. The van der Waals surface area contributed by atoms with Crippen LogP contribution < -0.4 is 11.2 Å². The Bertz CT molecular complexity index is 758. The highest BCUT2D eigenvalue weighted by Crippen LogP contribution is 2.39. The Morgan fingerprint density at radius 1 is 1.32 bits per heavy atom. The van der Waals surface area contributed by atoms with Gasteiger partial charge in [-0.05, 0) is 31.7 Å². The van der Waals surface area contributed by atoms with Crippen molar-refractivity contribution in [3.05, 3.63) is 41.7 Å². The number of aromatic nitrogens is 3. The van der Waals surface area contributed by atoms with Crippen molar-refractivity contribution in [3.8, 4) is 0 Å². The largest absolute Gasteiger partial charge is 0.345 e. The first kappa shape index (κ1) is 17.5. The minimum atomic E-state index is -0.534. The van der Waals surface area contributed by atoms with Gasteiger partial charge in [0.05, 0.1) is 11.8 Å². The van der Waals surface area contributed by atoms with E-state index >= 15 is 0 Å². The third-order valence-corrected chi connectivity index (χ3v) is 5.02. The summed E-state index contributed by atoms with van der Waals surface area (Å²) in [5.41, 5.74) is 1.01. The van der Waals surface area contributed by atoms with Crippen LogP contribution >= 0.6 is 11.8 Å². The molecule has 2 aromatic rings. The molecule has 0 radical (unpaired) electrons. The lowest BCUT2D eigenvalue weighted by Crippen LogP contribution is -2.42. The summed E-state index contributed by atoms with van der Waals surface area (Å²) in [6, 6.07) is 9.08. The Morgan fingerprint density at radius 3 is 2.68 bits per heavy atom. The summed E-state index contributed by atoms with van der Waals surface area (Å²) in [6.45, 7) is 1.49. The van der Waals surface area contributed by atoms with Gasteiger partial charge in [-0.3, -0.25) is 9.59 Å². The highest BCUT2D eigenvalue weighted by atomic mass is 32.2. The van der Waals surface area contributed by atoms with Crippen LogP contribution in [-0.2, 0) is 16.0 Å². The molecule has 1 fully saturated rings. The molecule has 1 saturated carbocycles. The van der Waals surface area contributed by atoms with Crippen LogP contribution in [0.5, 0.6) is 0 Å². The van der Waals surface area contributed by atoms with Crippen molar-refractivity contribution in [3.63, 3.8) is 0 Å². The maximum Gasteiger partial charge on any atom is 0.231 e. The van der Waals surface area contributed by atoms with Gasteiger partial charge in [0.1, 0.15) is 0 Å². The molecule has 0 aliphatic heterocycles. The van der Waals surface area contributed by atoms with Gasteiger partial charge in [-0.2, -0.15) is 0 Å². The second kappa shape index (κ2) is 7.69. The van der Waals surface area contributed by atoms with E-state index in [0.29, 0.717) is 17.5 Å². The zero-order valence-corrected chi connectivity index (χ0v) is 14.8. The minimum Gasteiger partial charge on any atom is -0.345 e. The number of rotatable bonds is 8. The van der Waals surface area contributed by atoms with E-state index in [-0.39, 0.29) is 17.4 Å². The summed E-state index contributed by atoms with van der Waals surface area (Å²) in [4.78, 5) is 24.0. The Morgan fingerprint density at radius 2 is 2.04 bits per heavy atom. The number of Topliss-reactive ketones (excluding diaryl/α,β-unsaturated/α-hetero) is 1. The number of nitrogen functional groups attached to an aromatic ring is 1. The van der Waals surface area contributed by atoms with Crippen LogP contribution in [0.4, 0.5) is 0 Å². The summed E-state index contributed by atoms with van der Waals surface area (Å²) in [6.07, 6.45) is 2.64. The molecule has 132 valence electrons. The van der Waals surface area contributed by atoms with Crippen molar-refractivity contribution in [2.45, 2.75) is 43.3 Å². The van der Waals surface area contributed by atoms with Gasteiger partial charge >= 0.3 is 0 Å². The van der Waals surface area contributed by atoms with Crippen molar-refractivity contribution in [1.82, 2.24) is 20.2 Å². The second-order valence-corrected chi connectivity index (χ2v) is 7.14. The molecule has 1 aromatic heterocycles. The number of carbonyl (C=O) groups excluding carboxylic acids is 2. The van der Waals surface area contributed by atoms with Crippen molar-refractivity contribution >= 4 is 23.5 Å². The summed E-state index contributed by atoms with van der Waals surface area (Å²) in [5.74, 6) is 6.98. The molecule has 0 saturated heterocycles. The van der Waals surface area contributed by atoms with E-state index in [1.807, 2.05) is 30.3 Å². The average Bonchev–Trinajstić information content (AvgIpc) is 3.37. The number of nitrogens with two attached hydrogens (primary N) is 1. The molecule has 0 spiro atoms. The summed E-state index contributed by atoms with van der Waals surface area (Å²) in [5, 5.41) is 11.4. The van der Waals surface area contributed by atoms with Crippen molar-refractivity contribution in [2.24, 2.45) is 0 Å². The molecule has 25 heavy (non-hydrogen) atoms. The quantitative estimate of drug-likeness (QED) is 0.544. The van der Waals surface area contributed by atoms with Crippen LogP contribution in [0, 0.1) is 0 Å². The first-order chi connectivity index (χ1) is 12.0. The Hall–Kier alpha value is -2.35. The van der Waals surface area contributed by atoms with E-state index in [9.17, 15) is 9.59 Å². The van der Waals surface area contributed by atoms with Crippen LogP contribution in [0.3, 0.4) is 0 Å². The molecule has 1 amide bonds. The van der Waals surface area contributed by atoms with E-state index in [2.05, 4.69) is 15.5 Å². The predicted molar refractivity (Wildman–Crippen MR) is 95.6 cm³/mol. The average molecular weight is 359 g/mol. The number of thioether (sulfide) groups is 1.